The molecule has 22 heavy (non-hydrogen) atoms. The summed E-state index contributed by atoms with van der Waals surface area (Å²) in [6, 6.07) is 14.3. The van der Waals surface area contributed by atoms with Crippen LogP contribution in [0.5, 0.6) is 0 Å². The SMILES string of the molecule is N#Cc1cccc(CSCC(=O)Nc2cc(Cl)cc(Cl)c2)c1. The van der Waals surface area contributed by atoms with Gasteiger partial charge < -0.3 is 5.32 Å². The van der Waals surface area contributed by atoms with Gasteiger partial charge in [-0.05, 0) is 35.9 Å². The highest BCUT2D eigenvalue weighted by molar-refractivity contribution is 7.99. The number of halogens is 2. The lowest BCUT2D eigenvalue weighted by molar-refractivity contribution is -0.113. The zero-order chi connectivity index (χ0) is 15.9. The van der Waals surface area contributed by atoms with Gasteiger partial charge in [-0.1, -0.05) is 35.3 Å². The molecule has 1 amide bonds. The summed E-state index contributed by atoms with van der Waals surface area (Å²) in [5.41, 5.74) is 2.22. The fourth-order valence-corrected chi connectivity index (χ4v) is 3.12. The number of hydrogen-bond donors (Lipinski definition) is 1. The van der Waals surface area contributed by atoms with Crippen molar-refractivity contribution in [3.63, 3.8) is 0 Å². The maximum atomic E-state index is 11.9. The van der Waals surface area contributed by atoms with Crippen molar-refractivity contribution in [2.45, 2.75) is 5.75 Å². The van der Waals surface area contributed by atoms with E-state index in [-0.39, 0.29) is 5.91 Å². The van der Waals surface area contributed by atoms with Crippen molar-refractivity contribution in [3.8, 4) is 6.07 Å². The largest absolute Gasteiger partial charge is 0.325 e. The molecule has 0 aliphatic heterocycles. The van der Waals surface area contributed by atoms with Crippen LogP contribution in [0.2, 0.25) is 10.0 Å². The summed E-state index contributed by atoms with van der Waals surface area (Å²) < 4.78 is 0. The molecule has 0 bridgehead atoms. The number of anilines is 1. The minimum absolute atomic E-state index is 0.125. The molecular formula is C16H12Cl2N2OS. The Kier molecular flexibility index (Phi) is 6.14. The first-order chi connectivity index (χ1) is 10.6. The fraction of sp³-hybridized carbons (Fsp3) is 0.125. The van der Waals surface area contributed by atoms with E-state index in [0.717, 1.165) is 5.56 Å². The highest BCUT2D eigenvalue weighted by atomic mass is 35.5. The van der Waals surface area contributed by atoms with Crippen molar-refractivity contribution in [3.05, 3.63) is 63.6 Å². The van der Waals surface area contributed by atoms with Crippen LogP contribution in [0.1, 0.15) is 11.1 Å². The first-order valence-electron chi connectivity index (χ1n) is 6.39. The Balaban J connectivity index is 1.84. The molecule has 0 spiro atoms. The number of rotatable bonds is 5. The Bertz CT molecular complexity index is 708. The number of carbonyl (C=O) groups is 1. The van der Waals surface area contributed by atoms with Gasteiger partial charge >= 0.3 is 0 Å². The highest BCUT2D eigenvalue weighted by Gasteiger charge is 2.05. The maximum Gasteiger partial charge on any atom is 0.234 e. The lowest BCUT2D eigenvalue weighted by Crippen LogP contribution is -2.14. The van der Waals surface area contributed by atoms with Crippen molar-refractivity contribution in [1.82, 2.24) is 0 Å². The second kappa shape index (κ2) is 8.09. The van der Waals surface area contributed by atoms with Gasteiger partial charge in [-0.3, -0.25) is 4.79 Å². The van der Waals surface area contributed by atoms with E-state index in [1.807, 2.05) is 18.2 Å². The predicted octanol–water partition coefficient (Wildman–Crippen LogP) is 4.74. The minimum Gasteiger partial charge on any atom is -0.325 e. The summed E-state index contributed by atoms with van der Waals surface area (Å²) in [6.07, 6.45) is 0. The number of nitriles is 1. The molecule has 0 aliphatic rings. The number of thioether (sulfide) groups is 1. The molecule has 2 aromatic carbocycles. The third-order valence-corrected chi connectivity index (χ3v) is 4.14. The average Bonchev–Trinajstić information content (AvgIpc) is 2.46. The van der Waals surface area contributed by atoms with Gasteiger partial charge in [-0.25, -0.2) is 0 Å². The van der Waals surface area contributed by atoms with E-state index in [0.29, 0.717) is 32.8 Å². The van der Waals surface area contributed by atoms with Crippen molar-refractivity contribution in [2.24, 2.45) is 0 Å². The van der Waals surface area contributed by atoms with Gasteiger partial charge in [-0.2, -0.15) is 5.26 Å². The van der Waals surface area contributed by atoms with E-state index in [1.165, 1.54) is 11.8 Å². The van der Waals surface area contributed by atoms with Crippen molar-refractivity contribution < 1.29 is 4.79 Å². The van der Waals surface area contributed by atoms with E-state index in [4.69, 9.17) is 28.5 Å². The average molecular weight is 351 g/mol. The first kappa shape index (κ1) is 16.7. The molecule has 1 N–H and O–H groups in total. The number of amides is 1. The molecular weight excluding hydrogens is 339 g/mol. The van der Waals surface area contributed by atoms with Gasteiger partial charge in [0.25, 0.3) is 0 Å². The highest BCUT2D eigenvalue weighted by Crippen LogP contribution is 2.22. The molecule has 0 saturated heterocycles. The second-order valence-corrected chi connectivity index (χ2v) is 6.37. The quantitative estimate of drug-likeness (QED) is 0.847. The van der Waals surface area contributed by atoms with Crippen LogP contribution in [0.3, 0.4) is 0 Å². The van der Waals surface area contributed by atoms with Crippen molar-refractivity contribution >= 4 is 46.6 Å². The zero-order valence-electron chi connectivity index (χ0n) is 11.5. The monoisotopic (exact) mass is 350 g/mol. The van der Waals surface area contributed by atoms with E-state index < -0.39 is 0 Å². The van der Waals surface area contributed by atoms with Crippen LogP contribution >= 0.6 is 35.0 Å². The number of hydrogen-bond acceptors (Lipinski definition) is 3. The Morgan fingerprint density at radius 2 is 1.91 bits per heavy atom. The van der Waals surface area contributed by atoms with Gasteiger partial charge in [0.2, 0.25) is 5.91 Å². The van der Waals surface area contributed by atoms with E-state index in [9.17, 15) is 4.79 Å². The zero-order valence-corrected chi connectivity index (χ0v) is 13.8. The summed E-state index contributed by atoms with van der Waals surface area (Å²) in [5, 5.41) is 12.5. The number of nitrogens with zero attached hydrogens (tertiary/aromatic N) is 1. The Labute approximate surface area is 143 Å². The summed E-state index contributed by atoms with van der Waals surface area (Å²) in [6.45, 7) is 0. The molecule has 0 heterocycles. The Morgan fingerprint density at radius 3 is 2.59 bits per heavy atom. The van der Waals surface area contributed by atoms with E-state index in [2.05, 4.69) is 11.4 Å². The lowest BCUT2D eigenvalue weighted by Gasteiger charge is -2.06. The summed E-state index contributed by atoms with van der Waals surface area (Å²) in [4.78, 5) is 11.9. The molecule has 0 atom stereocenters. The molecule has 112 valence electrons. The Hall–Kier alpha value is -1.67. The van der Waals surface area contributed by atoms with Crippen LogP contribution in [0, 0.1) is 11.3 Å². The van der Waals surface area contributed by atoms with Crippen LogP contribution in [-0.2, 0) is 10.5 Å². The number of benzene rings is 2. The predicted molar refractivity (Wildman–Crippen MR) is 92.4 cm³/mol. The summed E-state index contributed by atoms with van der Waals surface area (Å²) in [5.74, 6) is 0.847. The molecule has 0 aliphatic carbocycles. The van der Waals surface area contributed by atoms with E-state index in [1.54, 1.807) is 24.3 Å². The van der Waals surface area contributed by atoms with Gasteiger partial charge in [0.1, 0.15) is 0 Å². The summed E-state index contributed by atoms with van der Waals surface area (Å²) >= 11 is 13.2. The standard InChI is InChI=1S/C16H12Cl2N2OS/c17-13-5-14(18)7-15(6-13)20-16(21)10-22-9-12-3-1-2-11(4-12)8-19/h1-7H,9-10H2,(H,20,21). The first-order valence-corrected chi connectivity index (χ1v) is 8.30. The minimum atomic E-state index is -0.125. The molecule has 0 radical (unpaired) electrons. The summed E-state index contributed by atoms with van der Waals surface area (Å²) in [7, 11) is 0. The van der Waals surface area contributed by atoms with Crippen LogP contribution in [0.25, 0.3) is 0 Å². The number of carbonyl (C=O) groups excluding carboxylic acids is 1. The molecule has 2 rings (SSSR count). The molecule has 0 fully saturated rings. The van der Waals surface area contributed by atoms with E-state index >= 15 is 0 Å². The van der Waals surface area contributed by atoms with Gasteiger partial charge in [0.15, 0.2) is 0 Å². The smallest absolute Gasteiger partial charge is 0.234 e. The normalized spacial score (nSPS) is 10.0. The van der Waals surface area contributed by atoms with Gasteiger partial charge in [-0.15, -0.1) is 11.8 Å². The third kappa shape index (κ3) is 5.27. The molecule has 0 saturated carbocycles. The van der Waals surface area contributed by atoms with Crippen LogP contribution in [0.15, 0.2) is 42.5 Å². The second-order valence-electron chi connectivity index (χ2n) is 4.51. The van der Waals surface area contributed by atoms with Crippen LogP contribution in [-0.4, -0.2) is 11.7 Å². The topological polar surface area (TPSA) is 52.9 Å². The number of nitrogens with one attached hydrogen (secondary N) is 1. The third-order valence-electron chi connectivity index (χ3n) is 2.70. The molecule has 2 aromatic rings. The van der Waals surface area contributed by atoms with Crippen molar-refractivity contribution in [2.75, 3.05) is 11.1 Å². The fourth-order valence-electron chi connectivity index (χ4n) is 1.82. The van der Waals surface area contributed by atoms with Crippen LogP contribution < -0.4 is 5.32 Å². The van der Waals surface area contributed by atoms with Crippen LogP contribution in [0.4, 0.5) is 5.69 Å². The van der Waals surface area contributed by atoms with Gasteiger partial charge in [0.05, 0.1) is 17.4 Å². The molecule has 0 aromatic heterocycles. The molecule has 6 heteroatoms. The van der Waals surface area contributed by atoms with Crippen molar-refractivity contribution in [1.29, 1.82) is 5.26 Å². The van der Waals surface area contributed by atoms with Gasteiger partial charge in [0, 0.05) is 21.5 Å². The maximum absolute atomic E-state index is 11.9. The molecule has 0 unspecified atom stereocenters. The lowest BCUT2D eigenvalue weighted by atomic mass is 10.2. The Morgan fingerprint density at radius 1 is 1.18 bits per heavy atom. The molecule has 3 nitrogen and oxygen atoms in total.